The average molecular weight is 320 g/mol. The number of hydrogen-bond donors (Lipinski definition) is 0. The lowest BCUT2D eigenvalue weighted by Gasteiger charge is -2.37. The van der Waals surface area contributed by atoms with E-state index in [4.69, 9.17) is 14.2 Å². The van der Waals surface area contributed by atoms with Gasteiger partial charge in [-0.15, -0.1) is 0 Å². The van der Waals surface area contributed by atoms with E-state index in [1.54, 1.807) is 7.11 Å². The van der Waals surface area contributed by atoms with Crippen LogP contribution < -0.4 is 9.47 Å². The molecule has 1 aliphatic rings. The highest BCUT2D eigenvalue weighted by Gasteiger charge is 2.37. The minimum Gasteiger partial charge on any atom is -0.496 e. The van der Waals surface area contributed by atoms with Crippen molar-refractivity contribution in [2.75, 3.05) is 7.11 Å². The lowest BCUT2D eigenvalue weighted by atomic mass is 9.85. The van der Waals surface area contributed by atoms with Gasteiger partial charge in [0.1, 0.15) is 17.1 Å². The van der Waals surface area contributed by atoms with Gasteiger partial charge in [-0.05, 0) is 71.1 Å². The summed E-state index contributed by atoms with van der Waals surface area (Å²) in [5.74, 6) is 1.64. The number of fused-ring (bicyclic) bond motifs is 1. The number of ether oxygens (including phenoxy) is 3. The lowest BCUT2D eigenvalue weighted by molar-refractivity contribution is -0.152. The molecule has 0 fully saturated rings. The molecule has 0 amide bonds. The van der Waals surface area contributed by atoms with Gasteiger partial charge in [0, 0.05) is 5.56 Å². The van der Waals surface area contributed by atoms with Crippen LogP contribution in [0.1, 0.15) is 55.9 Å². The number of carbonyl (C=O) groups is 1. The standard InChI is InChI=1S/C19H28O4/c1-11(2)22-16(20)10-19(6)9-8-15-14(5)17(21-7)12(3)13(4)18(15)23-19/h11H,8-10H2,1-7H3/t19-/m0/s1. The zero-order valence-electron chi connectivity index (χ0n) is 15.3. The van der Waals surface area contributed by atoms with Gasteiger partial charge in [-0.25, -0.2) is 0 Å². The van der Waals surface area contributed by atoms with Gasteiger partial charge in [-0.2, -0.15) is 0 Å². The Labute approximate surface area is 139 Å². The molecule has 0 spiro atoms. The minimum atomic E-state index is -0.517. The molecule has 0 unspecified atom stereocenters. The van der Waals surface area contributed by atoms with E-state index in [2.05, 4.69) is 6.92 Å². The smallest absolute Gasteiger partial charge is 0.310 e. The Morgan fingerprint density at radius 3 is 2.43 bits per heavy atom. The molecule has 2 rings (SSSR count). The van der Waals surface area contributed by atoms with Crippen LogP contribution >= 0.6 is 0 Å². The molecular formula is C19H28O4. The minimum absolute atomic E-state index is 0.0996. The fraction of sp³-hybridized carbons (Fsp3) is 0.632. The van der Waals surface area contributed by atoms with Crippen LogP contribution in [0.2, 0.25) is 0 Å². The van der Waals surface area contributed by atoms with E-state index in [9.17, 15) is 4.79 Å². The SMILES string of the molecule is COc1c(C)c(C)c2c(c1C)CC[C@@](C)(CC(=O)OC(C)C)O2. The number of rotatable bonds is 4. The van der Waals surface area contributed by atoms with Crippen molar-refractivity contribution in [2.24, 2.45) is 0 Å². The molecule has 1 atom stereocenters. The summed E-state index contributed by atoms with van der Waals surface area (Å²) in [4.78, 5) is 12.0. The van der Waals surface area contributed by atoms with Crippen LogP contribution in [0.15, 0.2) is 0 Å². The lowest BCUT2D eigenvalue weighted by Crippen LogP contribution is -2.40. The van der Waals surface area contributed by atoms with Crippen molar-refractivity contribution in [3.63, 3.8) is 0 Å². The van der Waals surface area contributed by atoms with Crippen molar-refractivity contribution in [1.29, 1.82) is 0 Å². The summed E-state index contributed by atoms with van der Waals surface area (Å²) in [6.45, 7) is 11.9. The molecule has 1 aliphatic heterocycles. The van der Waals surface area contributed by atoms with Crippen molar-refractivity contribution < 1.29 is 19.0 Å². The molecule has 0 aromatic heterocycles. The zero-order chi connectivity index (χ0) is 17.4. The van der Waals surface area contributed by atoms with Gasteiger partial charge >= 0.3 is 5.97 Å². The number of methoxy groups -OCH3 is 1. The first-order valence-corrected chi connectivity index (χ1v) is 8.23. The Morgan fingerprint density at radius 2 is 1.87 bits per heavy atom. The van der Waals surface area contributed by atoms with E-state index in [1.165, 1.54) is 5.56 Å². The predicted octanol–water partition coefficient (Wildman–Crippen LogP) is 4.05. The highest BCUT2D eigenvalue weighted by atomic mass is 16.5. The number of benzene rings is 1. The third-order valence-corrected chi connectivity index (χ3v) is 4.65. The summed E-state index contributed by atoms with van der Waals surface area (Å²) in [5, 5.41) is 0. The van der Waals surface area contributed by atoms with Gasteiger partial charge in [0.25, 0.3) is 0 Å². The van der Waals surface area contributed by atoms with Crippen LogP contribution in [0, 0.1) is 20.8 Å². The first-order valence-electron chi connectivity index (χ1n) is 8.23. The second kappa shape index (κ2) is 6.42. The van der Waals surface area contributed by atoms with Gasteiger partial charge in [0.15, 0.2) is 0 Å². The van der Waals surface area contributed by atoms with Gasteiger partial charge in [-0.3, -0.25) is 4.79 Å². The second-order valence-corrected chi connectivity index (χ2v) is 6.98. The second-order valence-electron chi connectivity index (χ2n) is 6.98. The molecular weight excluding hydrogens is 292 g/mol. The van der Waals surface area contributed by atoms with Crippen LogP contribution in [0.4, 0.5) is 0 Å². The van der Waals surface area contributed by atoms with Crippen molar-refractivity contribution in [3.05, 3.63) is 22.3 Å². The van der Waals surface area contributed by atoms with E-state index in [-0.39, 0.29) is 18.5 Å². The van der Waals surface area contributed by atoms with Crippen molar-refractivity contribution in [2.45, 2.75) is 72.5 Å². The third-order valence-electron chi connectivity index (χ3n) is 4.65. The van der Waals surface area contributed by atoms with Crippen molar-refractivity contribution >= 4 is 5.97 Å². The molecule has 1 aromatic rings. The average Bonchev–Trinajstić information content (AvgIpc) is 2.44. The van der Waals surface area contributed by atoms with Crippen molar-refractivity contribution in [1.82, 2.24) is 0 Å². The summed E-state index contributed by atoms with van der Waals surface area (Å²) in [6, 6.07) is 0. The Kier molecular flexibility index (Phi) is 4.92. The first kappa shape index (κ1) is 17.6. The van der Waals surface area contributed by atoms with E-state index in [0.29, 0.717) is 0 Å². The molecule has 0 saturated carbocycles. The maximum atomic E-state index is 12.0. The Bertz CT molecular complexity index is 619. The monoisotopic (exact) mass is 320 g/mol. The predicted molar refractivity (Wildman–Crippen MR) is 90.4 cm³/mol. The highest BCUT2D eigenvalue weighted by Crippen LogP contribution is 2.44. The van der Waals surface area contributed by atoms with E-state index in [1.807, 2.05) is 34.6 Å². The summed E-state index contributed by atoms with van der Waals surface area (Å²) in [5.41, 5.74) is 4.00. The van der Waals surface area contributed by atoms with Crippen LogP contribution in [0.5, 0.6) is 11.5 Å². The van der Waals surface area contributed by atoms with Gasteiger partial charge in [0.05, 0.1) is 19.6 Å². The van der Waals surface area contributed by atoms with Crippen LogP contribution in [0.3, 0.4) is 0 Å². The molecule has 0 saturated heterocycles. The number of carbonyl (C=O) groups excluding carboxylic acids is 1. The highest BCUT2D eigenvalue weighted by molar-refractivity contribution is 5.71. The summed E-state index contributed by atoms with van der Waals surface area (Å²) in [7, 11) is 1.71. The van der Waals surface area contributed by atoms with Crippen LogP contribution in [-0.2, 0) is 16.0 Å². The Balaban J connectivity index is 2.32. The number of hydrogen-bond acceptors (Lipinski definition) is 4. The maximum absolute atomic E-state index is 12.0. The summed E-state index contributed by atoms with van der Waals surface area (Å²) < 4.78 is 17.1. The first-order chi connectivity index (χ1) is 10.7. The molecule has 0 N–H and O–H groups in total. The van der Waals surface area contributed by atoms with Crippen LogP contribution in [-0.4, -0.2) is 24.8 Å². The fourth-order valence-corrected chi connectivity index (χ4v) is 3.32. The fourth-order valence-electron chi connectivity index (χ4n) is 3.32. The molecule has 4 nitrogen and oxygen atoms in total. The molecule has 4 heteroatoms. The Morgan fingerprint density at radius 1 is 1.22 bits per heavy atom. The quantitative estimate of drug-likeness (QED) is 0.785. The van der Waals surface area contributed by atoms with E-state index in [0.717, 1.165) is 41.0 Å². The molecule has 0 radical (unpaired) electrons. The maximum Gasteiger partial charge on any atom is 0.310 e. The summed E-state index contributed by atoms with van der Waals surface area (Å²) >= 11 is 0. The number of esters is 1. The largest absolute Gasteiger partial charge is 0.496 e. The molecule has 1 heterocycles. The van der Waals surface area contributed by atoms with Gasteiger partial charge < -0.3 is 14.2 Å². The normalized spacial score (nSPS) is 20.0. The zero-order valence-corrected chi connectivity index (χ0v) is 15.3. The Hall–Kier alpha value is -1.71. The molecule has 0 aliphatic carbocycles. The van der Waals surface area contributed by atoms with E-state index < -0.39 is 5.60 Å². The third kappa shape index (κ3) is 3.46. The van der Waals surface area contributed by atoms with Gasteiger partial charge in [-0.1, -0.05) is 0 Å². The topological polar surface area (TPSA) is 44.8 Å². The molecule has 1 aromatic carbocycles. The van der Waals surface area contributed by atoms with Gasteiger partial charge in [0.2, 0.25) is 0 Å². The van der Waals surface area contributed by atoms with E-state index >= 15 is 0 Å². The summed E-state index contributed by atoms with van der Waals surface area (Å²) in [6.07, 6.45) is 1.84. The molecule has 23 heavy (non-hydrogen) atoms. The molecule has 128 valence electrons. The molecule has 0 bridgehead atoms. The van der Waals surface area contributed by atoms with Crippen molar-refractivity contribution in [3.8, 4) is 11.5 Å². The van der Waals surface area contributed by atoms with Crippen LogP contribution in [0.25, 0.3) is 0 Å².